The summed E-state index contributed by atoms with van der Waals surface area (Å²) < 4.78 is 5.15. The molecule has 9 heteroatoms. The average molecular weight is 526 g/mol. The van der Waals surface area contributed by atoms with E-state index in [1.807, 2.05) is 44.3 Å². The van der Waals surface area contributed by atoms with Gasteiger partial charge >= 0.3 is 0 Å². The molecule has 1 aliphatic heterocycles. The maximum Gasteiger partial charge on any atom is 0.251 e. The lowest BCUT2D eigenvalue weighted by Gasteiger charge is -2.36. The smallest absolute Gasteiger partial charge is 0.251 e. The number of carbonyl (C=O) groups is 1. The Kier molecular flexibility index (Phi) is 9.57. The molecule has 164 valence electrons. The maximum atomic E-state index is 11.8. The monoisotopic (exact) mass is 526 g/mol. The van der Waals surface area contributed by atoms with Crippen molar-refractivity contribution in [3.8, 4) is 0 Å². The third-order valence-corrected chi connectivity index (χ3v) is 5.06. The largest absolute Gasteiger partial charge is 0.361 e. The Balaban J connectivity index is 0.00000320. The van der Waals surface area contributed by atoms with Crippen molar-refractivity contribution in [2.75, 3.05) is 46.8 Å². The van der Waals surface area contributed by atoms with Crippen LogP contribution >= 0.6 is 24.0 Å². The van der Waals surface area contributed by atoms with Crippen molar-refractivity contribution < 1.29 is 9.32 Å². The van der Waals surface area contributed by atoms with Gasteiger partial charge in [-0.3, -0.25) is 14.7 Å². The Bertz CT molecular complexity index is 846. The summed E-state index contributed by atoms with van der Waals surface area (Å²) in [5.74, 6) is 1.71. The molecular weight excluding hydrogens is 495 g/mol. The van der Waals surface area contributed by atoms with Crippen LogP contribution in [-0.2, 0) is 13.0 Å². The maximum absolute atomic E-state index is 11.8. The van der Waals surface area contributed by atoms with Gasteiger partial charge in [0.25, 0.3) is 5.91 Å². The van der Waals surface area contributed by atoms with Gasteiger partial charge in [0.2, 0.25) is 0 Å². The molecule has 0 unspecified atom stereocenters. The number of piperazine rings is 1. The molecule has 1 aliphatic rings. The lowest BCUT2D eigenvalue weighted by Crippen LogP contribution is -2.52. The second kappa shape index (κ2) is 11.9. The van der Waals surface area contributed by atoms with Gasteiger partial charge in [0, 0.05) is 65.0 Å². The number of guanidine groups is 1. The molecule has 1 aromatic heterocycles. The summed E-state index contributed by atoms with van der Waals surface area (Å²) in [5.41, 5.74) is 2.80. The zero-order chi connectivity index (χ0) is 20.6. The number of aliphatic imine (C=N–C) groups is 1. The van der Waals surface area contributed by atoms with E-state index in [0.717, 1.165) is 68.7 Å². The standard InChI is InChI=1S/C21H30N6O2.HI/c1-16-13-19(25-29-16)15-26-9-11-27(12-10-26)21(23-3)24-8-7-17-5-4-6-18(14-17)20(28)22-2;/h4-6,13-14H,7-12,15H2,1-3H3,(H,22,28)(H,23,24);1H. The van der Waals surface area contributed by atoms with Gasteiger partial charge in [-0.2, -0.15) is 0 Å². The normalized spacial score (nSPS) is 14.9. The van der Waals surface area contributed by atoms with Crippen LogP contribution < -0.4 is 10.6 Å². The highest BCUT2D eigenvalue weighted by Gasteiger charge is 2.20. The molecule has 0 aliphatic carbocycles. The predicted molar refractivity (Wildman–Crippen MR) is 128 cm³/mol. The Labute approximate surface area is 195 Å². The molecule has 30 heavy (non-hydrogen) atoms. The third-order valence-electron chi connectivity index (χ3n) is 5.06. The molecule has 0 bridgehead atoms. The Morgan fingerprint density at radius 1 is 1.23 bits per heavy atom. The van der Waals surface area contributed by atoms with Crippen LogP contribution in [0, 0.1) is 6.92 Å². The van der Waals surface area contributed by atoms with E-state index >= 15 is 0 Å². The van der Waals surface area contributed by atoms with Crippen LogP contribution in [0.5, 0.6) is 0 Å². The molecule has 2 N–H and O–H groups in total. The topological polar surface area (TPSA) is 86.0 Å². The molecule has 0 spiro atoms. The molecule has 3 rings (SSSR count). The summed E-state index contributed by atoms with van der Waals surface area (Å²) in [6, 6.07) is 9.72. The van der Waals surface area contributed by atoms with E-state index in [1.165, 1.54) is 0 Å². The minimum atomic E-state index is -0.0609. The number of benzene rings is 1. The Morgan fingerprint density at radius 2 is 2.00 bits per heavy atom. The lowest BCUT2D eigenvalue weighted by atomic mass is 10.1. The molecule has 0 atom stereocenters. The summed E-state index contributed by atoms with van der Waals surface area (Å²) in [7, 11) is 3.46. The van der Waals surface area contributed by atoms with Gasteiger partial charge in [-0.05, 0) is 31.0 Å². The van der Waals surface area contributed by atoms with E-state index in [2.05, 4.69) is 30.6 Å². The van der Waals surface area contributed by atoms with Crippen LogP contribution in [0.15, 0.2) is 39.8 Å². The van der Waals surface area contributed by atoms with Gasteiger partial charge in [0.15, 0.2) is 5.96 Å². The number of aromatic nitrogens is 1. The molecule has 1 amide bonds. The number of aryl methyl sites for hydroxylation is 1. The van der Waals surface area contributed by atoms with Crippen LogP contribution in [0.2, 0.25) is 0 Å². The molecule has 2 heterocycles. The lowest BCUT2D eigenvalue weighted by molar-refractivity contribution is 0.0963. The van der Waals surface area contributed by atoms with Gasteiger partial charge in [-0.25, -0.2) is 0 Å². The van der Waals surface area contributed by atoms with Crippen molar-refractivity contribution in [2.24, 2.45) is 4.99 Å². The Morgan fingerprint density at radius 3 is 2.63 bits per heavy atom. The molecule has 1 saturated heterocycles. The van der Waals surface area contributed by atoms with E-state index in [-0.39, 0.29) is 29.9 Å². The van der Waals surface area contributed by atoms with E-state index in [9.17, 15) is 4.79 Å². The summed E-state index contributed by atoms with van der Waals surface area (Å²) >= 11 is 0. The van der Waals surface area contributed by atoms with Gasteiger partial charge in [-0.1, -0.05) is 17.3 Å². The first-order valence-electron chi connectivity index (χ1n) is 10.00. The van der Waals surface area contributed by atoms with Crippen LogP contribution in [0.3, 0.4) is 0 Å². The number of hydrogen-bond acceptors (Lipinski definition) is 5. The van der Waals surface area contributed by atoms with Crippen molar-refractivity contribution in [3.63, 3.8) is 0 Å². The highest BCUT2D eigenvalue weighted by Crippen LogP contribution is 2.10. The highest BCUT2D eigenvalue weighted by molar-refractivity contribution is 14.0. The fourth-order valence-electron chi connectivity index (χ4n) is 3.50. The first-order valence-corrected chi connectivity index (χ1v) is 10.00. The predicted octanol–water partition coefficient (Wildman–Crippen LogP) is 1.90. The van der Waals surface area contributed by atoms with Crippen molar-refractivity contribution in [3.05, 3.63) is 52.9 Å². The van der Waals surface area contributed by atoms with Crippen molar-refractivity contribution in [1.29, 1.82) is 0 Å². The molecule has 2 aromatic rings. The molecule has 8 nitrogen and oxygen atoms in total. The van der Waals surface area contributed by atoms with Crippen LogP contribution in [-0.4, -0.2) is 73.6 Å². The van der Waals surface area contributed by atoms with E-state index < -0.39 is 0 Å². The minimum Gasteiger partial charge on any atom is -0.361 e. The van der Waals surface area contributed by atoms with Gasteiger partial charge < -0.3 is 20.1 Å². The number of nitrogens with one attached hydrogen (secondary N) is 2. The average Bonchev–Trinajstić information content (AvgIpc) is 3.16. The number of nitrogens with zero attached hydrogens (tertiary/aromatic N) is 4. The summed E-state index contributed by atoms with van der Waals surface area (Å²) in [4.78, 5) is 20.9. The highest BCUT2D eigenvalue weighted by atomic mass is 127. The molecule has 1 aromatic carbocycles. The van der Waals surface area contributed by atoms with Crippen molar-refractivity contribution >= 4 is 35.8 Å². The van der Waals surface area contributed by atoms with E-state index in [4.69, 9.17) is 4.52 Å². The van der Waals surface area contributed by atoms with Gasteiger partial charge in [0.05, 0.1) is 5.69 Å². The third kappa shape index (κ3) is 6.69. The fourth-order valence-corrected chi connectivity index (χ4v) is 3.50. The quantitative estimate of drug-likeness (QED) is 0.340. The van der Waals surface area contributed by atoms with Crippen LogP contribution in [0.4, 0.5) is 0 Å². The molecule has 0 radical (unpaired) electrons. The summed E-state index contributed by atoms with van der Waals surface area (Å²) in [5, 5.41) is 10.2. The van der Waals surface area contributed by atoms with Gasteiger partial charge in [-0.15, -0.1) is 24.0 Å². The number of rotatable bonds is 6. The zero-order valence-corrected chi connectivity index (χ0v) is 20.2. The van der Waals surface area contributed by atoms with Crippen molar-refractivity contribution in [1.82, 2.24) is 25.6 Å². The molecule has 0 saturated carbocycles. The number of hydrogen-bond donors (Lipinski definition) is 2. The Hall–Kier alpha value is -2.14. The molecule has 1 fully saturated rings. The first kappa shape index (κ1) is 24.1. The van der Waals surface area contributed by atoms with Crippen LogP contribution in [0.25, 0.3) is 0 Å². The van der Waals surface area contributed by atoms with Gasteiger partial charge in [0.1, 0.15) is 5.76 Å². The van der Waals surface area contributed by atoms with E-state index in [0.29, 0.717) is 5.56 Å². The van der Waals surface area contributed by atoms with Crippen LogP contribution in [0.1, 0.15) is 27.4 Å². The fraction of sp³-hybridized carbons (Fsp3) is 0.476. The summed E-state index contributed by atoms with van der Waals surface area (Å²) in [6.07, 6.45) is 0.829. The second-order valence-electron chi connectivity index (χ2n) is 7.20. The summed E-state index contributed by atoms with van der Waals surface area (Å²) in [6.45, 7) is 7.26. The number of amides is 1. The zero-order valence-electron chi connectivity index (χ0n) is 17.9. The second-order valence-corrected chi connectivity index (χ2v) is 7.20. The van der Waals surface area contributed by atoms with E-state index in [1.54, 1.807) is 7.05 Å². The number of halogens is 1. The molecular formula is C21H31IN6O2. The van der Waals surface area contributed by atoms with Crippen molar-refractivity contribution in [2.45, 2.75) is 19.9 Å². The first-order chi connectivity index (χ1) is 14.1. The minimum absolute atomic E-state index is 0. The number of carbonyl (C=O) groups excluding carboxylic acids is 1. The SMILES string of the molecule is CN=C(NCCc1cccc(C(=O)NC)c1)N1CCN(Cc2cc(C)on2)CC1.I.